The highest BCUT2D eigenvalue weighted by atomic mass is 35.5. The van der Waals surface area contributed by atoms with Crippen LogP contribution >= 0.6 is 11.6 Å². The summed E-state index contributed by atoms with van der Waals surface area (Å²) in [6.07, 6.45) is -4.63. The molecule has 0 saturated heterocycles. The molecular formula is C22H21ClF3N5O2. The number of methoxy groups -OCH3 is 1. The van der Waals surface area contributed by atoms with Gasteiger partial charge in [0.05, 0.1) is 7.11 Å². The molecule has 0 aliphatic heterocycles. The Labute approximate surface area is 193 Å². The predicted octanol–water partition coefficient (Wildman–Crippen LogP) is 5.61. The van der Waals surface area contributed by atoms with Gasteiger partial charge in [-0.05, 0) is 56.3 Å². The van der Waals surface area contributed by atoms with Crippen LogP contribution in [-0.4, -0.2) is 28.8 Å². The molecule has 3 aromatic rings. The first kappa shape index (κ1) is 24.1. The van der Waals surface area contributed by atoms with Crippen LogP contribution in [0.3, 0.4) is 0 Å². The fraction of sp³-hybridized carbons (Fsp3) is 0.227. The maximum Gasteiger partial charge on any atom is 0.435 e. The lowest BCUT2D eigenvalue weighted by molar-refractivity contribution is -0.141. The summed E-state index contributed by atoms with van der Waals surface area (Å²) in [7, 11) is 1.50. The zero-order valence-corrected chi connectivity index (χ0v) is 18.8. The van der Waals surface area contributed by atoms with Crippen LogP contribution in [0.1, 0.15) is 28.5 Å². The van der Waals surface area contributed by atoms with Crippen LogP contribution in [0.5, 0.6) is 5.75 Å². The molecule has 174 valence electrons. The molecule has 1 aromatic heterocycles. The van der Waals surface area contributed by atoms with Gasteiger partial charge in [-0.2, -0.15) is 23.3 Å². The van der Waals surface area contributed by atoms with Crippen molar-refractivity contribution in [3.63, 3.8) is 0 Å². The molecule has 0 fully saturated rings. The largest absolute Gasteiger partial charge is 0.497 e. The van der Waals surface area contributed by atoms with Crippen molar-refractivity contribution in [1.82, 2.24) is 9.78 Å². The molecule has 0 unspecified atom stereocenters. The van der Waals surface area contributed by atoms with Crippen molar-refractivity contribution >= 4 is 35.0 Å². The highest BCUT2D eigenvalue weighted by Crippen LogP contribution is 2.34. The number of hydrogen-bond donors (Lipinski definition) is 2. The van der Waals surface area contributed by atoms with Crippen molar-refractivity contribution in [2.45, 2.75) is 26.6 Å². The Kier molecular flexibility index (Phi) is 7.27. The van der Waals surface area contributed by atoms with Gasteiger partial charge in [-0.25, -0.2) is 4.68 Å². The molecule has 7 nitrogen and oxygen atoms in total. The minimum Gasteiger partial charge on any atom is -0.497 e. The number of rotatable bonds is 5. The molecule has 0 atom stereocenters. The number of nitrogens with zero attached hydrogens (tertiary/aromatic N) is 3. The number of aliphatic imine (C=N–C) groups is 1. The van der Waals surface area contributed by atoms with Gasteiger partial charge in [-0.3, -0.25) is 4.79 Å². The Morgan fingerprint density at radius 1 is 1.18 bits per heavy atom. The maximum absolute atomic E-state index is 13.4. The first-order chi connectivity index (χ1) is 15.6. The van der Waals surface area contributed by atoms with Gasteiger partial charge in [0, 0.05) is 28.4 Å². The summed E-state index contributed by atoms with van der Waals surface area (Å²) in [6, 6.07) is 12.9. The van der Waals surface area contributed by atoms with Crippen molar-refractivity contribution in [3.05, 3.63) is 70.4 Å². The molecule has 1 heterocycles. The molecule has 11 heteroatoms. The average Bonchev–Trinajstić information content (AvgIpc) is 3.09. The highest BCUT2D eigenvalue weighted by Gasteiger charge is 2.38. The zero-order chi connectivity index (χ0) is 24.2. The average molecular weight is 480 g/mol. The number of aromatic nitrogens is 2. The summed E-state index contributed by atoms with van der Waals surface area (Å²) in [4.78, 5) is 16.8. The highest BCUT2D eigenvalue weighted by molar-refractivity contribution is 6.31. The number of aryl methyl sites for hydroxylation is 1. The van der Waals surface area contributed by atoms with E-state index in [1.54, 1.807) is 43.3 Å². The van der Waals surface area contributed by atoms with E-state index < -0.39 is 17.8 Å². The van der Waals surface area contributed by atoms with Crippen LogP contribution in [0.4, 0.5) is 24.7 Å². The van der Waals surface area contributed by atoms with E-state index in [9.17, 15) is 18.0 Å². The van der Waals surface area contributed by atoms with Crippen LogP contribution < -0.4 is 15.4 Å². The number of guanidine groups is 1. The van der Waals surface area contributed by atoms with Gasteiger partial charge in [-0.15, -0.1) is 0 Å². The Hall–Kier alpha value is -3.53. The molecular weight excluding hydrogens is 459 g/mol. The van der Waals surface area contributed by atoms with E-state index in [0.717, 1.165) is 4.68 Å². The summed E-state index contributed by atoms with van der Waals surface area (Å²) in [6.45, 7) is 3.12. The molecule has 0 spiro atoms. The molecule has 3 rings (SSSR count). The number of alkyl halides is 3. The third kappa shape index (κ3) is 5.83. The normalized spacial score (nSPS) is 11.9. The first-order valence-corrected chi connectivity index (χ1v) is 10.2. The number of carbonyl (C=O) groups excluding carboxylic acids is 1. The Bertz CT molecular complexity index is 1170. The van der Waals surface area contributed by atoms with Gasteiger partial charge in [0.25, 0.3) is 5.91 Å². The Balaban J connectivity index is 2.01. The van der Waals surface area contributed by atoms with E-state index in [0.29, 0.717) is 16.5 Å². The number of benzene rings is 2. The second-order valence-corrected chi connectivity index (χ2v) is 7.33. The molecule has 0 aliphatic rings. The summed E-state index contributed by atoms with van der Waals surface area (Å²) in [5.41, 5.74) is -0.399. The first-order valence-electron chi connectivity index (χ1n) is 9.83. The lowest BCUT2D eigenvalue weighted by Crippen LogP contribution is -2.25. The number of amides is 1. The zero-order valence-electron chi connectivity index (χ0n) is 18.0. The van der Waals surface area contributed by atoms with E-state index in [2.05, 4.69) is 20.7 Å². The minimum absolute atomic E-state index is 0.0561. The molecule has 33 heavy (non-hydrogen) atoms. The summed E-state index contributed by atoms with van der Waals surface area (Å²) >= 11 is 6.03. The van der Waals surface area contributed by atoms with Gasteiger partial charge in [0.15, 0.2) is 5.69 Å². The minimum atomic E-state index is -4.63. The second-order valence-electron chi connectivity index (χ2n) is 6.89. The fourth-order valence-corrected chi connectivity index (χ4v) is 3.20. The monoisotopic (exact) mass is 479 g/mol. The Morgan fingerprint density at radius 2 is 1.88 bits per heavy atom. The van der Waals surface area contributed by atoms with Crippen molar-refractivity contribution in [3.8, 4) is 5.75 Å². The van der Waals surface area contributed by atoms with E-state index in [1.807, 2.05) is 0 Å². The number of carbonyl (C=O) groups is 1. The smallest absolute Gasteiger partial charge is 0.435 e. The molecule has 0 saturated carbocycles. The van der Waals surface area contributed by atoms with Crippen LogP contribution in [0.2, 0.25) is 5.02 Å². The molecule has 1 amide bonds. The molecule has 0 bridgehead atoms. The SMILES string of the molecule is CCn1nc(C(F)(F)F)c(C)c1N/C(=N\C(=O)c1ccc(OC)cc1)Nc1cccc(Cl)c1. The quantitative estimate of drug-likeness (QED) is 0.367. The van der Waals surface area contributed by atoms with Crippen molar-refractivity contribution in [2.75, 3.05) is 17.7 Å². The van der Waals surface area contributed by atoms with Gasteiger partial charge in [-0.1, -0.05) is 17.7 Å². The van der Waals surface area contributed by atoms with Crippen LogP contribution in [0.25, 0.3) is 0 Å². The third-order valence-corrected chi connectivity index (χ3v) is 4.87. The van der Waals surface area contributed by atoms with Gasteiger partial charge in [0.2, 0.25) is 5.96 Å². The molecule has 0 aliphatic carbocycles. The van der Waals surface area contributed by atoms with E-state index in [1.165, 1.54) is 26.2 Å². The Morgan fingerprint density at radius 3 is 2.45 bits per heavy atom. The molecule has 2 aromatic carbocycles. The van der Waals surface area contributed by atoms with Crippen molar-refractivity contribution in [1.29, 1.82) is 0 Å². The lowest BCUT2D eigenvalue weighted by atomic mass is 10.2. The predicted molar refractivity (Wildman–Crippen MR) is 121 cm³/mol. The number of nitrogens with one attached hydrogen (secondary N) is 2. The molecule has 2 N–H and O–H groups in total. The number of ether oxygens (including phenoxy) is 1. The second kappa shape index (κ2) is 9.95. The van der Waals surface area contributed by atoms with Crippen LogP contribution in [0.15, 0.2) is 53.5 Å². The standard InChI is InChI=1S/C22H21ClF3N5O2/c1-4-31-19(13(2)18(30-31)22(24,25)26)28-21(27-16-7-5-6-15(23)12-16)29-20(32)14-8-10-17(33-3)11-9-14/h5-12H,4H2,1-3H3,(H2,27,28,29,32). The lowest BCUT2D eigenvalue weighted by Gasteiger charge is -2.14. The number of halogens is 4. The van der Waals surface area contributed by atoms with E-state index in [-0.39, 0.29) is 29.4 Å². The van der Waals surface area contributed by atoms with Gasteiger partial charge < -0.3 is 15.4 Å². The number of hydrogen-bond acceptors (Lipinski definition) is 3. The molecule has 0 radical (unpaired) electrons. The summed E-state index contributed by atoms with van der Waals surface area (Å²) in [5.74, 6) is -0.0934. The summed E-state index contributed by atoms with van der Waals surface area (Å²) < 4.78 is 46.4. The van der Waals surface area contributed by atoms with Gasteiger partial charge in [0.1, 0.15) is 11.6 Å². The third-order valence-electron chi connectivity index (χ3n) is 4.63. The fourth-order valence-electron chi connectivity index (χ4n) is 3.01. The van der Waals surface area contributed by atoms with E-state index >= 15 is 0 Å². The maximum atomic E-state index is 13.4. The van der Waals surface area contributed by atoms with Gasteiger partial charge >= 0.3 is 6.18 Å². The van der Waals surface area contributed by atoms with Crippen molar-refractivity contribution in [2.24, 2.45) is 4.99 Å². The van der Waals surface area contributed by atoms with E-state index in [4.69, 9.17) is 16.3 Å². The van der Waals surface area contributed by atoms with Crippen LogP contribution in [0, 0.1) is 6.92 Å². The summed E-state index contributed by atoms with van der Waals surface area (Å²) in [5, 5.41) is 9.79. The van der Waals surface area contributed by atoms with Crippen LogP contribution in [-0.2, 0) is 12.7 Å². The van der Waals surface area contributed by atoms with Crippen molar-refractivity contribution < 1.29 is 22.7 Å². The topological polar surface area (TPSA) is 80.5 Å². The number of anilines is 2.